The fourth-order valence-corrected chi connectivity index (χ4v) is 3.95. The number of pyridine rings is 1. The van der Waals surface area contributed by atoms with Crippen LogP contribution in [0.15, 0.2) is 48.1 Å². The molecule has 1 N–H and O–H groups in total. The summed E-state index contributed by atoms with van der Waals surface area (Å²) in [5, 5.41) is 5.33. The van der Waals surface area contributed by atoms with E-state index in [1.807, 2.05) is 59.4 Å². The Morgan fingerprint density at radius 3 is 2.93 bits per heavy atom. The van der Waals surface area contributed by atoms with Crippen molar-refractivity contribution in [3.63, 3.8) is 0 Å². The molecule has 1 amide bonds. The van der Waals surface area contributed by atoms with E-state index in [9.17, 15) is 4.79 Å². The number of amides is 1. The van der Waals surface area contributed by atoms with Crippen LogP contribution < -0.4 is 14.8 Å². The number of nitrogens with zero attached hydrogens (tertiary/aromatic N) is 3. The van der Waals surface area contributed by atoms with Crippen LogP contribution in [-0.2, 0) is 11.2 Å². The minimum atomic E-state index is -0.145. The summed E-state index contributed by atoms with van der Waals surface area (Å²) >= 11 is 1.39. The number of hydrogen-bond donors (Lipinski definition) is 1. The maximum absolute atomic E-state index is 12.4. The van der Waals surface area contributed by atoms with Crippen molar-refractivity contribution in [3.8, 4) is 22.8 Å². The summed E-state index contributed by atoms with van der Waals surface area (Å²) in [6.07, 6.45) is 4.01. The lowest BCUT2D eigenvalue weighted by molar-refractivity contribution is -0.115. The first kappa shape index (κ1) is 17.7. The average Bonchev–Trinajstić information content (AvgIpc) is 3.33. The average molecular weight is 406 g/mol. The summed E-state index contributed by atoms with van der Waals surface area (Å²) in [6.45, 7) is 3.12. The second-order valence-corrected chi connectivity index (χ2v) is 7.68. The van der Waals surface area contributed by atoms with E-state index >= 15 is 0 Å². The maximum atomic E-state index is 12.4. The first-order valence-electron chi connectivity index (χ1n) is 9.24. The van der Waals surface area contributed by atoms with Gasteiger partial charge in [0.1, 0.15) is 18.9 Å². The molecule has 0 saturated carbocycles. The molecule has 146 valence electrons. The number of carbonyl (C=O) groups is 1. The molecule has 1 aliphatic rings. The van der Waals surface area contributed by atoms with E-state index in [2.05, 4.69) is 15.3 Å². The van der Waals surface area contributed by atoms with Crippen LogP contribution in [0.4, 0.5) is 5.13 Å². The largest absolute Gasteiger partial charge is 0.486 e. The van der Waals surface area contributed by atoms with Crippen molar-refractivity contribution < 1.29 is 14.3 Å². The molecular formula is C21H18N4O3S. The summed E-state index contributed by atoms with van der Waals surface area (Å²) < 4.78 is 13.1. The molecule has 0 fully saturated rings. The monoisotopic (exact) mass is 406 g/mol. The normalized spacial score (nSPS) is 12.9. The number of aryl methyl sites for hydroxylation is 1. The molecule has 5 rings (SSSR count). The van der Waals surface area contributed by atoms with Gasteiger partial charge in [0, 0.05) is 23.3 Å². The van der Waals surface area contributed by atoms with Gasteiger partial charge in [0.15, 0.2) is 16.6 Å². The molecule has 7 nitrogen and oxygen atoms in total. The molecule has 8 heteroatoms. The second kappa shape index (κ2) is 7.21. The lowest BCUT2D eigenvalue weighted by Crippen LogP contribution is -2.15. The Balaban J connectivity index is 1.28. The molecule has 3 aromatic heterocycles. The van der Waals surface area contributed by atoms with Gasteiger partial charge >= 0.3 is 0 Å². The minimum absolute atomic E-state index is 0.145. The fraction of sp³-hybridized carbons (Fsp3) is 0.190. The number of ether oxygens (including phenoxy) is 2. The lowest BCUT2D eigenvalue weighted by atomic mass is 10.1. The molecule has 1 aromatic carbocycles. The number of anilines is 1. The molecular weight excluding hydrogens is 388 g/mol. The van der Waals surface area contributed by atoms with Crippen LogP contribution in [-0.4, -0.2) is 33.5 Å². The highest BCUT2D eigenvalue weighted by Gasteiger charge is 2.15. The summed E-state index contributed by atoms with van der Waals surface area (Å²) in [6, 6.07) is 9.72. The molecule has 0 bridgehead atoms. The van der Waals surface area contributed by atoms with E-state index < -0.39 is 0 Å². The van der Waals surface area contributed by atoms with Gasteiger partial charge < -0.3 is 19.2 Å². The summed E-state index contributed by atoms with van der Waals surface area (Å²) in [5.41, 5.74) is 4.39. The highest BCUT2D eigenvalue weighted by molar-refractivity contribution is 7.14. The number of carbonyl (C=O) groups excluding carboxylic acids is 1. The Morgan fingerprint density at radius 2 is 2.03 bits per heavy atom. The van der Waals surface area contributed by atoms with Crippen molar-refractivity contribution in [1.82, 2.24) is 14.4 Å². The van der Waals surface area contributed by atoms with Crippen LogP contribution >= 0.6 is 11.3 Å². The van der Waals surface area contributed by atoms with Crippen molar-refractivity contribution in [3.05, 3.63) is 59.4 Å². The van der Waals surface area contributed by atoms with Crippen LogP contribution in [0.3, 0.4) is 0 Å². The molecule has 0 aliphatic carbocycles. The van der Waals surface area contributed by atoms with Gasteiger partial charge in [-0.1, -0.05) is 0 Å². The number of nitrogens with one attached hydrogen (secondary N) is 1. The van der Waals surface area contributed by atoms with E-state index in [1.165, 1.54) is 11.3 Å². The molecule has 0 atom stereocenters. The fourth-order valence-electron chi connectivity index (χ4n) is 3.22. The third kappa shape index (κ3) is 3.66. The van der Waals surface area contributed by atoms with Crippen LogP contribution in [0.1, 0.15) is 11.3 Å². The van der Waals surface area contributed by atoms with Crippen LogP contribution in [0, 0.1) is 6.92 Å². The summed E-state index contributed by atoms with van der Waals surface area (Å²) in [7, 11) is 0. The van der Waals surface area contributed by atoms with Gasteiger partial charge in [-0.05, 0) is 42.8 Å². The summed E-state index contributed by atoms with van der Waals surface area (Å²) in [5.74, 6) is 1.31. The maximum Gasteiger partial charge on any atom is 0.232 e. The van der Waals surface area contributed by atoms with Gasteiger partial charge in [-0.2, -0.15) is 0 Å². The predicted octanol–water partition coefficient (Wildman–Crippen LogP) is 3.72. The van der Waals surface area contributed by atoms with E-state index in [-0.39, 0.29) is 12.3 Å². The van der Waals surface area contributed by atoms with E-state index in [4.69, 9.17) is 9.47 Å². The van der Waals surface area contributed by atoms with Gasteiger partial charge in [-0.25, -0.2) is 9.97 Å². The number of rotatable bonds is 4. The Bertz CT molecular complexity index is 1210. The SMILES string of the molecule is Cc1ccn2cc(CC(=O)Nc3nc(-c4ccc5c(c4)OCCO5)cs3)nc2c1. The highest BCUT2D eigenvalue weighted by atomic mass is 32.1. The van der Waals surface area contributed by atoms with Gasteiger partial charge in [0.2, 0.25) is 5.91 Å². The number of benzene rings is 1. The van der Waals surface area contributed by atoms with E-state index in [0.29, 0.717) is 18.3 Å². The number of fused-ring (bicyclic) bond motifs is 2. The van der Waals surface area contributed by atoms with E-state index in [1.54, 1.807) is 0 Å². The number of imidazole rings is 1. The predicted molar refractivity (Wildman–Crippen MR) is 111 cm³/mol. The second-order valence-electron chi connectivity index (χ2n) is 6.82. The zero-order valence-corrected chi connectivity index (χ0v) is 16.5. The van der Waals surface area contributed by atoms with Crippen molar-refractivity contribution in [2.45, 2.75) is 13.3 Å². The molecule has 0 unspecified atom stereocenters. The zero-order valence-electron chi connectivity index (χ0n) is 15.7. The topological polar surface area (TPSA) is 77.8 Å². The van der Waals surface area contributed by atoms with Gasteiger partial charge in [0.25, 0.3) is 0 Å². The zero-order chi connectivity index (χ0) is 19.8. The van der Waals surface area contributed by atoms with Crippen molar-refractivity contribution in [2.24, 2.45) is 0 Å². The van der Waals surface area contributed by atoms with Crippen LogP contribution in [0.2, 0.25) is 0 Å². The van der Waals surface area contributed by atoms with Crippen molar-refractivity contribution in [1.29, 1.82) is 0 Å². The van der Waals surface area contributed by atoms with Crippen LogP contribution in [0.5, 0.6) is 11.5 Å². The number of aromatic nitrogens is 3. The Labute approximate surface area is 171 Å². The standard InChI is InChI=1S/C21H18N4O3S/c1-13-4-5-25-11-15(22-19(25)8-13)10-20(26)24-21-23-16(12-29-21)14-2-3-17-18(9-14)28-7-6-27-17/h2-5,8-9,11-12H,6-7,10H2,1H3,(H,23,24,26). The highest BCUT2D eigenvalue weighted by Crippen LogP contribution is 2.35. The molecule has 0 saturated heterocycles. The third-order valence-electron chi connectivity index (χ3n) is 4.60. The van der Waals surface area contributed by atoms with Gasteiger partial charge in [-0.3, -0.25) is 4.79 Å². The smallest absolute Gasteiger partial charge is 0.232 e. The Morgan fingerprint density at radius 1 is 1.17 bits per heavy atom. The third-order valence-corrected chi connectivity index (χ3v) is 5.35. The molecule has 0 radical (unpaired) electrons. The lowest BCUT2D eigenvalue weighted by Gasteiger charge is -2.18. The molecule has 1 aliphatic heterocycles. The molecule has 29 heavy (non-hydrogen) atoms. The minimum Gasteiger partial charge on any atom is -0.486 e. The van der Waals surface area contributed by atoms with Crippen LogP contribution in [0.25, 0.3) is 16.9 Å². The molecule has 4 heterocycles. The first-order chi connectivity index (χ1) is 14.1. The molecule has 0 spiro atoms. The number of hydrogen-bond acceptors (Lipinski definition) is 6. The Hall–Kier alpha value is -3.39. The van der Waals surface area contributed by atoms with Crippen molar-refractivity contribution in [2.75, 3.05) is 18.5 Å². The first-order valence-corrected chi connectivity index (χ1v) is 10.1. The van der Waals surface area contributed by atoms with Gasteiger partial charge in [0.05, 0.1) is 17.8 Å². The Kier molecular flexibility index (Phi) is 4.40. The summed E-state index contributed by atoms with van der Waals surface area (Å²) in [4.78, 5) is 21.5. The quantitative estimate of drug-likeness (QED) is 0.559. The van der Waals surface area contributed by atoms with Gasteiger partial charge in [-0.15, -0.1) is 11.3 Å². The van der Waals surface area contributed by atoms with E-state index in [0.717, 1.165) is 39.7 Å². The van der Waals surface area contributed by atoms with Crippen molar-refractivity contribution >= 4 is 28.0 Å². The number of thiazole rings is 1. The molecule has 4 aromatic rings.